The van der Waals surface area contributed by atoms with Gasteiger partial charge in [0.2, 0.25) is 5.91 Å². The van der Waals surface area contributed by atoms with Crippen molar-refractivity contribution in [3.05, 3.63) is 72.1 Å². The second-order valence-electron chi connectivity index (χ2n) is 7.57. The average Bonchev–Trinajstić information content (AvgIpc) is 3.24. The lowest BCUT2D eigenvalue weighted by Crippen LogP contribution is -2.46. The lowest BCUT2D eigenvalue weighted by Gasteiger charge is -2.36. The van der Waals surface area contributed by atoms with E-state index < -0.39 is 0 Å². The van der Waals surface area contributed by atoms with Crippen molar-refractivity contribution in [2.45, 2.75) is 6.54 Å². The summed E-state index contributed by atoms with van der Waals surface area (Å²) in [5.41, 5.74) is 2.44. The molecule has 32 heavy (non-hydrogen) atoms. The maximum Gasteiger partial charge on any atom is 0.246 e. The third-order valence-corrected chi connectivity index (χ3v) is 5.88. The largest absolute Gasteiger partial charge is 0.368 e. The molecule has 1 amide bonds. The number of fused-ring (bicyclic) bond motifs is 1. The highest BCUT2D eigenvalue weighted by atomic mass is 35.5. The smallest absolute Gasteiger partial charge is 0.246 e. The average molecular weight is 448 g/mol. The number of carbonyl (C=O) groups excluding carboxylic acids is 1. The Balaban J connectivity index is 1.30. The third kappa shape index (κ3) is 4.09. The minimum atomic E-state index is -0.222. The highest BCUT2D eigenvalue weighted by Gasteiger charge is 2.22. The first-order valence-electron chi connectivity index (χ1n) is 10.4. The van der Waals surface area contributed by atoms with Crippen LogP contribution in [0.2, 0.25) is 5.02 Å². The Bertz CT molecular complexity index is 1240. The second kappa shape index (κ2) is 8.84. The van der Waals surface area contributed by atoms with E-state index in [1.54, 1.807) is 23.0 Å². The summed E-state index contributed by atoms with van der Waals surface area (Å²) in [5, 5.41) is 8.55. The summed E-state index contributed by atoms with van der Waals surface area (Å²) in [6.45, 7) is 3.54. The molecule has 0 bridgehead atoms. The molecule has 1 aliphatic rings. The highest BCUT2D eigenvalue weighted by Crippen LogP contribution is 2.25. The molecule has 2 aromatic carbocycles. The highest BCUT2D eigenvalue weighted by molar-refractivity contribution is 6.33. The fourth-order valence-corrected chi connectivity index (χ4v) is 4.13. The van der Waals surface area contributed by atoms with E-state index in [1.165, 1.54) is 12.0 Å². The number of hydrogen-bond acceptors (Lipinski definition) is 6. The molecule has 4 aromatic rings. The summed E-state index contributed by atoms with van der Waals surface area (Å²) in [6, 6.07) is 17.6. The van der Waals surface area contributed by atoms with Crippen molar-refractivity contribution in [1.29, 1.82) is 0 Å². The van der Waals surface area contributed by atoms with Crippen LogP contribution in [0.15, 0.2) is 67.1 Å². The number of nitrogens with one attached hydrogen (secondary N) is 1. The number of piperazine rings is 1. The van der Waals surface area contributed by atoms with Crippen molar-refractivity contribution in [1.82, 2.24) is 19.7 Å². The van der Waals surface area contributed by atoms with Crippen LogP contribution in [0.3, 0.4) is 0 Å². The van der Waals surface area contributed by atoms with Crippen LogP contribution in [0, 0.1) is 0 Å². The number of anilines is 3. The molecule has 0 spiro atoms. The molecule has 1 aliphatic heterocycles. The van der Waals surface area contributed by atoms with E-state index in [0.29, 0.717) is 16.4 Å². The van der Waals surface area contributed by atoms with E-state index in [9.17, 15) is 4.79 Å². The van der Waals surface area contributed by atoms with E-state index in [4.69, 9.17) is 11.6 Å². The van der Waals surface area contributed by atoms with E-state index in [0.717, 1.165) is 37.4 Å². The number of benzene rings is 2. The van der Waals surface area contributed by atoms with Gasteiger partial charge in [0.05, 0.1) is 22.3 Å². The Hall–Kier alpha value is -3.65. The van der Waals surface area contributed by atoms with Gasteiger partial charge in [-0.05, 0) is 24.3 Å². The number of rotatable bonds is 5. The van der Waals surface area contributed by atoms with Crippen LogP contribution >= 0.6 is 11.6 Å². The minimum Gasteiger partial charge on any atom is -0.368 e. The molecule has 0 unspecified atom stereocenters. The van der Waals surface area contributed by atoms with Gasteiger partial charge in [-0.3, -0.25) is 4.79 Å². The van der Waals surface area contributed by atoms with Crippen LogP contribution in [-0.4, -0.2) is 51.8 Å². The molecular weight excluding hydrogens is 426 g/mol. The molecule has 0 saturated carbocycles. The molecule has 3 heterocycles. The van der Waals surface area contributed by atoms with Crippen LogP contribution < -0.4 is 15.1 Å². The zero-order valence-electron chi connectivity index (χ0n) is 17.4. The second-order valence-corrected chi connectivity index (χ2v) is 7.98. The van der Waals surface area contributed by atoms with E-state index in [2.05, 4.69) is 54.4 Å². The summed E-state index contributed by atoms with van der Waals surface area (Å²) >= 11 is 6.13. The lowest BCUT2D eigenvalue weighted by molar-refractivity contribution is -0.116. The molecule has 0 atom stereocenters. The number of aromatic nitrogens is 4. The van der Waals surface area contributed by atoms with Crippen LogP contribution in [0.25, 0.3) is 11.0 Å². The predicted octanol–water partition coefficient (Wildman–Crippen LogP) is 3.45. The predicted molar refractivity (Wildman–Crippen MR) is 126 cm³/mol. The summed E-state index contributed by atoms with van der Waals surface area (Å²) in [6.07, 6.45) is 3.27. The first kappa shape index (κ1) is 20.3. The summed E-state index contributed by atoms with van der Waals surface area (Å²) in [4.78, 5) is 26.1. The standard InChI is InChI=1S/C23H22ClN7O/c24-19-8-4-5-9-20(19)28-21(32)15-31-23-18(14-27-31)22(25-16-26-23)30-12-10-29(11-13-30)17-6-2-1-3-7-17/h1-9,14,16H,10-13,15H2,(H,28,32). The molecule has 1 fully saturated rings. The Kier molecular flexibility index (Phi) is 5.60. The minimum absolute atomic E-state index is 0.0347. The SMILES string of the molecule is O=C(Cn1ncc2c(N3CCN(c4ccccc4)CC3)ncnc21)Nc1ccccc1Cl. The molecule has 1 saturated heterocycles. The van der Waals surface area contributed by atoms with Crippen molar-refractivity contribution >= 4 is 45.7 Å². The van der Waals surface area contributed by atoms with Gasteiger partial charge in [0, 0.05) is 31.9 Å². The summed E-state index contributed by atoms with van der Waals surface area (Å²) in [7, 11) is 0. The van der Waals surface area contributed by atoms with Gasteiger partial charge >= 0.3 is 0 Å². The van der Waals surface area contributed by atoms with Crippen LogP contribution in [-0.2, 0) is 11.3 Å². The van der Waals surface area contributed by atoms with E-state index >= 15 is 0 Å². The third-order valence-electron chi connectivity index (χ3n) is 5.55. The first-order chi connectivity index (χ1) is 15.7. The van der Waals surface area contributed by atoms with Crippen LogP contribution in [0.4, 0.5) is 17.2 Å². The van der Waals surface area contributed by atoms with E-state index in [-0.39, 0.29) is 12.5 Å². The van der Waals surface area contributed by atoms with Gasteiger partial charge in [0.25, 0.3) is 0 Å². The monoisotopic (exact) mass is 447 g/mol. The van der Waals surface area contributed by atoms with E-state index in [1.807, 2.05) is 18.2 Å². The van der Waals surface area contributed by atoms with Crippen molar-refractivity contribution in [3.63, 3.8) is 0 Å². The lowest BCUT2D eigenvalue weighted by atomic mass is 10.2. The number of carbonyl (C=O) groups is 1. The van der Waals surface area contributed by atoms with Crippen LogP contribution in [0.5, 0.6) is 0 Å². The number of para-hydroxylation sites is 2. The fraction of sp³-hybridized carbons (Fsp3) is 0.217. The van der Waals surface area contributed by atoms with Gasteiger partial charge in [-0.1, -0.05) is 41.9 Å². The topological polar surface area (TPSA) is 79.2 Å². The van der Waals surface area contributed by atoms with Gasteiger partial charge in [-0.2, -0.15) is 5.10 Å². The quantitative estimate of drug-likeness (QED) is 0.505. The Labute approximate surface area is 190 Å². The zero-order valence-corrected chi connectivity index (χ0v) is 18.1. The Morgan fingerprint density at radius 2 is 1.66 bits per heavy atom. The molecule has 1 N–H and O–H groups in total. The molecule has 5 rings (SSSR count). The molecule has 9 heteroatoms. The molecule has 162 valence electrons. The number of hydrogen-bond donors (Lipinski definition) is 1. The Morgan fingerprint density at radius 3 is 2.44 bits per heavy atom. The molecule has 8 nitrogen and oxygen atoms in total. The number of amides is 1. The van der Waals surface area contributed by atoms with Crippen molar-refractivity contribution in [2.75, 3.05) is 41.3 Å². The maximum absolute atomic E-state index is 12.5. The first-order valence-corrected chi connectivity index (χ1v) is 10.8. The molecule has 0 radical (unpaired) electrons. The summed E-state index contributed by atoms with van der Waals surface area (Å²) < 4.78 is 1.59. The van der Waals surface area contributed by atoms with Gasteiger partial charge in [0.1, 0.15) is 18.7 Å². The maximum atomic E-state index is 12.5. The molecule has 0 aliphatic carbocycles. The van der Waals surface area contributed by atoms with Gasteiger partial charge in [0.15, 0.2) is 5.65 Å². The number of halogens is 1. The Morgan fingerprint density at radius 1 is 0.938 bits per heavy atom. The number of nitrogens with zero attached hydrogens (tertiary/aromatic N) is 6. The van der Waals surface area contributed by atoms with Gasteiger partial charge in [-0.15, -0.1) is 0 Å². The van der Waals surface area contributed by atoms with Crippen molar-refractivity contribution in [2.24, 2.45) is 0 Å². The molecular formula is C23H22ClN7O. The summed E-state index contributed by atoms with van der Waals surface area (Å²) in [5.74, 6) is 0.625. The van der Waals surface area contributed by atoms with Gasteiger partial charge < -0.3 is 15.1 Å². The normalized spacial score (nSPS) is 14.0. The zero-order chi connectivity index (χ0) is 21.9. The van der Waals surface area contributed by atoms with Crippen molar-refractivity contribution < 1.29 is 4.79 Å². The van der Waals surface area contributed by atoms with Gasteiger partial charge in [-0.25, -0.2) is 14.6 Å². The molecule has 2 aromatic heterocycles. The van der Waals surface area contributed by atoms with Crippen LogP contribution in [0.1, 0.15) is 0 Å². The van der Waals surface area contributed by atoms with Crippen molar-refractivity contribution in [3.8, 4) is 0 Å². The fourth-order valence-electron chi connectivity index (χ4n) is 3.95.